The van der Waals surface area contributed by atoms with Gasteiger partial charge in [0.1, 0.15) is 22.3 Å². The van der Waals surface area contributed by atoms with E-state index in [1.807, 2.05) is 13.8 Å². The molecule has 0 saturated carbocycles. The van der Waals surface area contributed by atoms with Crippen molar-refractivity contribution in [1.29, 1.82) is 0 Å². The second kappa shape index (κ2) is 16.0. The van der Waals surface area contributed by atoms with Crippen molar-refractivity contribution < 1.29 is 71.7 Å². The first-order valence-corrected chi connectivity index (χ1v) is 18.8. The molecule has 0 bridgehead atoms. The number of nitrogens with one attached hydrogen (secondary N) is 2. The normalized spacial score (nSPS) is 18.3. The van der Waals surface area contributed by atoms with E-state index in [-0.39, 0.29) is 33.6 Å². The molecule has 2 amide bonds. The van der Waals surface area contributed by atoms with Crippen LogP contribution < -0.4 is 20.1 Å². The predicted molar refractivity (Wildman–Crippen MR) is 209 cm³/mol. The molecule has 18 heteroatoms. The zero-order valence-electron chi connectivity index (χ0n) is 32.9. The fourth-order valence-electron chi connectivity index (χ4n) is 8.03. The van der Waals surface area contributed by atoms with Gasteiger partial charge in [0, 0.05) is 11.1 Å². The minimum absolute atomic E-state index is 0.0608. The highest BCUT2D eigenvalue weighted by atomic mass is 19.4. The lowest BCUT2D eigenvalue weighted by molar-refractivity contribution is -0.275. The van der Waals surface area contributed by atoms with Gasteiger partial charge in [-0.25, -0.2) is 0 Å². The van der Waals surface area contributed by atoms with Crippen molar-refractivity contribution in [3.05, 3.63) is 189 Å². The first kappa shape index (κ1) is 45.1. The maximum absolute atomic E-state index is 13.6. The SMILES string of the molecule is Cc1ccc(C2(c3ccc(OC(F)(F)F)cc3)C(=O)Nc3c(C(F)(F)F)cccc32)cc1.Cc1ccc(C2(c3ccc(OC(F)(F)F)cc3)C(=O)Nc3c(C(F)(F)F)cccc32)cc1. The molecule has 2 unspecified atom stereocenters. The Hall–Kier alpha value is -6.98. The van der Waals surface area contributed by atoms with Gasteiger partial charge in [-0.2, -0.15) is 26.3 Å². The number of amides is 2. The molecule has 6 aromatic rings. The number of hydrogen-bond acceptors (Lipinski definition) is 4. The summed E-state index contributed by atoms with van der Waals surface area (Å²) in [6, 6.07) is 29.3. The Kier molecular flexibility index (Phi) is 11.2. The number of alkyl halides is 12. The van der Waals surface area contributed by atoms with E-state index in [1.165, 1.54) is 48.5 Å². The highest BCUT2D eigenvalue weighted by Crippen LogP contribution is 2.53. The van der Waals surface area contributed by atoms with Gasteiger partial charge in [-0.3, -0.25) is 9.59 Å². The van der Waals surface area contributed by atoms with Gasteiger partial charge in [-0.1, -0.05) is 108 Å². The molecule has 0 fully saturated rings. The second-order valence-corrected chi connectivity index (χ2v) is 14.7. The van der Waals surface area contributed by atoms with Crippen molar-refractivity contribution in [3.63, 3.8) is 0 Å². The van der Waals surface area contributed by atoms with Crippen LogP contribution in [0.3, 0.4) is 0 Å². The quantitative estimate of drug-likeness (QED) is 0.163. The lowest BCUT2D eigenvalue weighted by Gasteiger charge is -2.29. The number of para-hydroxylation sites is 2. The predicted octanol–water partition coefficient (Wildman–Crippen LogP) is 12.4. The van der Waals surface area contributed by atoms with Crippen LogP contribution in [0.5, 0.6) is 11.5 Å². The summed E-state index contributed by atoms with van der Waals surface area (Å²) in [5, 5.41) is 4.72. The number of hydrogen-bond donors (Lipinski definition) is 2. The topological polar surface area (TPSA) is 76.7 Å². The smallest absolute Gasteiger partial charge is 0.406 e. The van der Waals surface area contributed by atoms with Crippen LogP contribution in [-0.4, -0.2) is 24.5 Å². The van der Waals surface area contributed by atoms with Gasteiger partial charge in [0.05, 0.1) is 22.5 Å². The molecule has 0 spiro atoms. The largest absolute Gasteiger partial charge is 0.573 e. The van der Waals surface area contributed by atoms with E-state index in [4.69, 9.17) is 0 Å². The highest BCUT2D eigenvalue weighted by Gasteiger charge is 2.54. The van der Waals surface area contributed by atoms with E-state index in [2.05, 4.69) is 20.1 Å². The Morgan fingerprint density at radius 1 is 0.406 bits per heavy atom. The molecule has 0 radical (unpaired) electrons. The van der Waals surface area contributed by atoms with Crippen LogP contribution in [0.25, 0.3) is 0 Å². The summed E-state index contributed by atoms with van der Waals surface area (Å²) in [4.78, 5) is 26.7. The van der Waals surface area contributed by atoms with Gasteiger partial charge in [-0.15, -0.1) is 26.3 Å². The number of carbonyl (C=O) groups is 2. The zero-order valence-corrected chi connectivity index (χ0v) is 32.9. The fraction of sp³-hybridized carbons (Fsp3) is 0.174. The van der Waals surface area contributed by atoms with Crippen LogP contribution in [0.15, 0.2) is 133 Å². The summed E-state index contributed by atoms with van der Waals surface area (Å²) >= 11 is 0. The molecule has 2 atom stereocenters. The van der Waals surface area contributed by atoms with E-state index in [1.54, 1.807) is 48.5 Å². The van der Waals surface area contributed by atoms with Crippen LogP contribution in [0.4, 0.5) is 64.1 Å². The summed E-state index contributed by atoms with van der Waals surface area (Å²) in [6.45, 7) is 3.62. The van der Waals surface area contributed by atoms with E-state index in [9.17, 15) is 62.3 Å². The van der Waals surface area contributed by atoms with Gasteiger partial charge >= 0.3 is 25.1 Å². The summed E-state index contributed by atoms with van der Waals surface area (Å²) in [5.41, 5.74) is -3.14. The summed E-state index contributed by atoms with van der Waals surface area (Å²) in [5.74, 6) is -2.50. The molecule has 0 aliphatic carbocycles. The van der Waals surface area contributed by atoms with Crippen molar-refractivity contribution in [2.75, 3.05) is 10.6 Å². The molecule has 2 aliphatic rings. The van der Waals surface area contributed by atoms with Crippen molar-refractivity contribution in [1.82, 2.24) is 0 Å². The van der Waals surface area contributed by atoms with Crippen molar-refractivity contribution in [3.8, 4) is 11.5 Å². The average Bonchev–Trinajstić information content (AvgIpc) is 3.68. The van der Waals surface area contributed by atoms with E-state index < -0.39 is 70.3 Å². The third-order valence-electron chi connectivity index (χ3n) is 10.7. The van der Waals surface area contributed by atoms with Crippen LogP contribution in [0, 0.1) is 13.8 Å². The Bertz CT molecular complexity index is 2520. The van der Waals surface area contributed by atoms with E-state index >= 15 is 0 Å². The zero-order chi connectivity index (χ0) is 46.6. The lowest BCUT2D eigenvalue weighted by atomic mass is 9.70. The molecule has 2 N–H and O–H groups in total. The Morgan fingerprint density at radius 2 is 0.688 bits per heavy atom. The fourth-order valence-corrected chi connectivity index (χ4v) is 8.03. The maximum Gasteiger partial charge on any atom is 0.573 e. The van der Waals surface area contributed by atoms with Gasteiger partial charge in [0.25, 0.3) is 0 Å². The average molecular weight is 903 g/mol. The van der Waals surface area contributed by atoms with Gasteiger partial charge in [-0.05, 0) is 72.5 Å². The first-order chi connectivity index (χ1) is 29.9. The second-order valence-electron chi connectivity index (χ2n) is 14.7. The molecule has 64 heavy (non-hydrogen) atoms. The molecule has 2 aliphatic heterocycles. The van der Waals surface area contributed by atoms with Crippen LogP contribution in [-0.2, 0) is 32.8 Å². The third-order valence-corrected chi connectivity index (χ3v) is 10.7. The molecular formula is C46H30F12N2O4. The van der Waals surface area contributed by atoms with Gasteiger partial charge in [0.2, 0.25) is 11.8 Å². The molecule has 2 heterocycles. The molecule has 6 aromatic carbocycles. The molecular weight excluding hydrogens is 872 g/mol. The molecule has 0 aromatic heterocycles. The molecule has 0 saturated heterocycles. The number of ether oxygens (including phenoxy) is 2. The number of benzene rings is 6. The Labute approximate surface area is 355 Å². The third kappa shape index (κ3) is 8.31. The van der Waals surface area contributed by atoms with Crippen molar-refractivity contribution >= 4 is 23.2 Å². The van der Waals surface area contributed by atoms with Gasteiger partial charge in [0.15, 0.2) is 0 Å². The number of rotatable bonds is 6. The van der Waals surface area contributed by atoms with Crippen molar-refractivity contribution in [2.45, 2.75) is 49.8 Å². The highest BCUT2D eigenvalue weighted by molar-refractivity contribution is 6.13. The Balaban J connectivity index is 0.000000191. The molecule has 6 nitrogen and oxygen atoms in total. The number of halogens is 12. The molecule has 8 rings (SSSR count). The summed E-state index contributed by atoms with van der Waals surface area (Å²) < 4.78 is 165. The van der Waals surface area contributed by atoms with Crippen LogP contribution >= 0.6 is 0 Å². The standard InChI is InChI=1S/2C23H15F6NO2/c2*1-13-5-7-14(8-6-13)21(15-9-11-16(12-10-15)32-23(27,28)29)17-3-2-4-18(22(24,25)26)19(17)30-20(21)31/h2*2-12H,1H3,(H,30,31). The van der Waals surface area contributed by atoms with Crippen LogP contribution in [0.2, 0.25) is 0 Å². The minimum atomic E-state index is -4.91. The van der Waals surface area contributed by atoms with Crippen LogP contribution in [0.1, 0.15) is 55.6 Å². The summed E-state index contributed by atoms with van der Waals surface area (Å²) in [6.07, 6.45) is -19.2. The molecule has 332 valence electrons. The summed E-state index contributed by atoms with van der Waals surface area (Å²) in [7, 11) is 0. The minimum Gasteiger partial charge on any atom is -0.406 e. The van der Waals surface area contributed by atoms with E-state index in [0.717, 1.165) is 47.5 Å². The monoisotopic (exact) mass is 902 g/mol. The maximum atomic E-state index is 13.6. The number of anilines is 2. The number of fused-ring (bicyclic) bond motifs is 2. The first-order valence-electron chi connectivity index (χ1n) is 18.8. The number of carbonyl (C=O) groups excluding carboxylic acids is 2. The number of aryl methyl sites for hydroxylation is 2. The lowest BCUT2D eigenvalue weighted by Crippen LogP contribution is -2.37. The van der Waals surface area contributed by atoms with Gasteiger partial charge < -0.3 is 20.1 Å². The Morgan fingerprint density at radius 3 is 0.953 bits per heavy atom. The van der Waals surface area contributed by atoms with E-state index in [0.29, 0.717) is 11.1 Å². The van der Waals surface area contributed by atoms with Crippen molar-refractivity contribution in [2.24, 2.45) is 0 Å².